The predicted octanol–water partition coefficient (Wildman–Crippen LogP) is 0.684. The van der Waals surface area contributed by atoms with Gasteiger partial charge in [0.2, 0.25) is 5.91 Å². The number of hydrogen-bond acceptors (Lipinski definition) is 5. The summed E-state index contributed by atoms with van der Waals surface area (Å²) in [6.45, 7) is 0.367. The van der Waals surface area contributed by atoms with Gasteiger partial charge in [0.1, 0.15) is 11.3 Å². The van der Waals surface area contributed by atoms with Crippen LogP contribution in [0, 0.1) is 5.82 Å². The van der Waals surface area contributed by atoms with Gasteiger partial charge in [-0.2, -0.15) is 0 Å². The summed E-state index contributed by atoms with van der Waals surface area (Å²) >= 11 is 0. The molecule has 122 valence electrons. The van der Waals surface area contributed by atoms with Gasteiger partial charge < -0.3 is 5.32 Å². The molecule has 1 N–H and O–H groups in total. The van der Waals surface area contributed by atoms with Crippen molar-refractivity contribution in [2.45, 2.75) is 13.0 Å². The number of benzene rings is 1. The molecule has 0 aliphatic carbocycles. The smallest absolute Gasteiger partial charge is 0.277 e. The molecule has 0 fully saturated rings. The molecule has 1 aromatic carbocycles. The third-order valence-corrected chi connectivity index (χ3v) is 3.42. The molecule has 0 spiro atoms. The first-order chi connectivity index (χ1) is 11.6. The molecular formula is C16H14FN5O2. The van der Waals surface area contributed by atoms with E-state index >= 15 is 0 Å². The largest absolute Gasteiger partial charge is 0.354 e. The van der Waals surface area contributed by atoms with Crippen LogP contribution >= 0.6 is 0 Å². The molecule has 8 heteroatoms. The van der Waals surface area contributed by atoms with Crippen LogP contribution in [0.15, 0.2) is 47.5 Å². The zero-order chi connectivity index (χ0) is 16.9. The molecule has 24 heavy (non-hydrogen) atoms. The number of nitrogens with zero attached hydrogens (tertiary/aromatic N) is 4. The van der Waals surface area contributed by atoms with Crippen molar-refractivity contribution in [1.82, 2.24) is 25.3 Å². The first kappa shape index (κ1) is 15.7. The lowest BCUT2D eigenvalue weighted by molar-refractivity contribution is -0.120. The van der Waals surface area contributed by atoms with E-state index in [0.717, 1.165) is 16.3 Å². The standard InChI is InChI=1S/C16H14FN5O2/c17-12-3-4-14-13(9-12)16(24)22(21-20-14)7-6-19-15(23)8-11-2-1-5-18-10-11/h1-5,9-10H,6-8H2,(H,19,23). The van der Waals surface area contributed by atoms with Crippen LogP contribution < -0.4 is 10.9 Å². The predicted molar refractivity (Wildman–Crippen MR) is 84.7 cm³/mol. The van der Waals surface area contributed by atoms with Gasteiger partial charge in [0.25, 0.3) is 5.56 Å². The number of fused-ring (bicyclic) bond motifs is 1. The van der Waals surface area contributed by atoms with E-state index in [1.165, 1.54) is 12.1 Å². The number of rotatable bonds is 5. The Morgan fingerprint density at radius 3 is 2.96 bits per heavy atom. The first-order valence-electron chi connectivity index (χ1n) is 7.32. The maximum absolute atomic E-state index is 13.3. The summed E-state index contributed by atoms with van der Waals surface area (Å²) < 4.78 is 14.4. The van der Waals surface area contributed by atoms with Crippen LogP contribution in [0.3, 0.4) is 0 Å². The molecular weight excluding hydrogens is 313 g/mol. The Morgan fingerprint density at radius 2 is 2.17 bits per heavy atom. The van der Waals surface area contributed by atoms with E-state index in [4.69, 9.17) is 0 Å². The van der Waals surface area contributed by atoms with E-state index in [9.17, 15) is 14.0 Å². The quantitative estimate of drug-likeness (QED) is 0.744. The molecule has 0 saturated carbocycles. The molecule has 0 unspecified atom stereocenters. The molecule has 0 aliphatic rings. The van der Waals surface area contributed by atoms with E-state index in [2.05, 4.69) is 20.6 Å². The lowest BCUT2D eigenvalue weighted by atomic mass is 10.2. The maximum Gasteiger partial charge on any atom is 0.277 e. The summed E-state index contributed by atoms with van der Waals surface area (Å²) in [5, 5.41) is 10.5. The second-order valence-corrected chi connectivity index (χ2v) is 5.17. The Labute approximate surface area is 136 Å². The van der Waals surface area contributed by atoms with Crippen LogP contribution in [0.25, 0.3) is 10.9 Å². The van der Waals surface area contributed by atoms with E-state index < -0.39 is 11.4 Å². The number of carbonyl (C=O) groups is 1. The van der Waals surface area contributed by atoms with E-state index in [-0.39, 0.29) is 30.8 Å². The second kappa shape index (κ2) is 6.95. The average molecular weight is 327 g/mol. The normalized spacial score (nSPS) is 10.7. The summed E-state index contributed by atoms with van der Waals surface area (Å²) in [5.74, 6) is -0.695. The minimum absolute atomic E-state index is 0.150. The van der Waals surface area contributed by atoms with E-state index in [1.54, 1.807) is 24.5 Å². The summed E-state index contributed by atoms with van der Waals surface area (Å²) in [4.78, 5) is 28.0. The van der Waals surface area contributed by atoms with Crippen LogP contribution in [0.1, 0.15) is 5.56 Å². The summed E-state index contributed by atoms with van der Waals surface area (Å²) in [6, 6.07) is 7.31. The SMILES string of the molecule is O=C(Cc1cccnc1)NCCn1nnc2ccc(F)cc2c1=O. The highest BCUT2D eigenvalue weighted by atomic mass is 19.1. The number of hydrogen-bond donors (Lipinski definition) is 1. The van der Waals surface area contributed by atoms with Crippen molar-refractivity contribution in [3.05, 3.63) is 64.5 Å². The monoisotopic (exact) mass is 327 g/mol. The Bertz CT molecular complexity index is 927. The van der Waals surface area contributed by atoms with Crippen molar-refractivity contribution in [3.8, 4) is 0 Å². The Balaban J connectivity index is 1.62. The Hall–Kier alpha value is -3.16. The third kappa shape index (κ3) is 3.60. The van der Waals surface area contributed by atoms with Gasteiger partial charge in [-0.15, -0.1) is 5.10 Å². The van der Waals surface area contributed by atoms with Gasteiger partial charge in [-0.1, -0.05) is 11.3 Å². The molecule has 0 atom stereocenters. The Kier molecular flexibility index (Phi) is 4.55. The molecule has 2 aromatic heterocycles. The maximum atomic E-state index is 13.3. The van der Waals surface area contributed by atoms with Crippen LogP contribution in [-0.4, -0.2) is 32.4 Å². The summed E-state index contributed by atoms with van der Waals surface area (Å²) in [6.07, 6.45) is 3.46. The fourth-order valence-corrected chi connectivity index (χ4v) is 2.25. The molecule has 0 aliphatic heterocycles. The fourth-order valence-electron chi connectivity index (χ4n) is 2.25. The van der Waals surface area contributed by atoms with Gasteiger partial charge >= 0.3 is 0 Å². The molecule has 7 nitrogen and oxygen atoms in total. The topological polar surface area (TPSA) is 89.8 Å². The third-order valence-electron chi connectivity index (χ3n) is 3.42. The van der Waals surface area contributed by atoms with E-state index in [0.29, 0.717) is 5.52 Å². The van der Waals surface area contributed by atoms with Crippen molar-refractivity contribution in [2.24, 2.45) is 0 Å². The molecule has 3 aromatic rings. The zero-order valence-electron chi connectivity index (χ0n) is 12.6. The molecule has 0 saturated heterocycles. The number of aromatic nitrogens is 4. The number of pyridine rings is 1. The zero-order valence-corrected chi connectivity index (χ0v) is 12.6. The van der Waals surface area contributed by atoms with Gasteiger partial charge in [-0.3, -0.25) is 14.6 Å². The molecule has 3 rings (SSSR count). The molecule has 1 amide bonds. The van der Waals surface area contributed by atoms with Crippen molar-refractivity contribution in [2.75, 3.05) is 6.54 Å². The van der Waals surface area contributed by atoms with Gasteiger partial charge in [0, 0.05) is 18.9 Å². The molecule has 0 bridgehead atoms. The van der Waals surface area contributed by atoms with Crippen molar-refractivity contribution >= 4 is 16.8 Å². The minimum Gasteiger partial charge on any atom is -0.354 e. The highest BCUT2D eigenvalue weighted by Crippen LogP contribution is 2.07. The Morgan fingerprint density at radius 1 is 1.29 bits per heavy atom. The van der Waals surface area contributed by atoms with Gasteiger partial charge in [0.15, 0.2) is 0 Å². The van der Waals surface area contributed by atoms with Gasteiger partial charge in [-0.05, 0) is 29.8 Å². The highest BCUT2D eigenvalue weighted by molar-refractivity contribution is 5.78. The van der Waals surface area contributed by atoms with E-state index in [1.807, 2.05) is 0 Å². The fraction of sp³-hybridized carbons (Fsp3) is 0.188. The van der Waals surface area contributed by atoms with Crippen LogP contribution in [0.5, 0.6) is 0 Å². The number of amides is 1. The van der Waals surface area contributed by atoms with Crippen LogP contribution in [0.4, 0.5) is 4.39 Å². The summed E-state index contributed by atoms with van der Waals surface area (Å²) in [5.41, 5.74) is 0.687. The van der Waals surface area contributed by atoms with Gasteiger partial charge in [0.05, 0.1) is 18.4 Å². The second-order valence-electron chi connectivity index (χ2n) is 5.17. The minimum atomic E-state index is -0.510. The lowest BCUT2D eigenvalue weighted by Gasteiger charge is -2.07. The molecule has 0 radical (unpaired) electrons. The number of nitrogens with one attached hydrogen (secondary N) is 1. The van der Waals surface area contributed by atoms with Crippen molar-refractivity contribution in [3.63, 3.8) is 0 Å². The molecule has 2 heterocycles. The van der Waals surface area contributed by atoms with Crippen molar-refractivity contribution in [1.29, 1.82) is 0 Å². The van der Waals surface area contributed by atoms with Crippen molar-refractivity contribution < 1.29 is 9.18 Å². The highest BCUT2D eigenvalue weighted by Gasteiger charge is 2.08. The summed E-state index contributed by atoms with van der Waals surface area (Å²) in [7, 11) is 0. The van der Waals surface area contributed by atoms with Crippen LogP contribution in [-0.2, 0) is 17.8 Å². The van der Waals surface area contributed by atoms with Gasteiger partial charge in [-0.25, -0.2) is 9.07 Å². The van der Waals surface area contributed by atoms with Crippen LogP contribution in [0.2, 0.25) is 0 Å². The lowest BCUT2D eigenvalue weighted by Crippen LogP contribution is -2.33. The number of carbonyl (C=O) groups excluding carboxylic acids is 1. The average Bonchev–Trinajstić information content (AvgIpc) is 2.58. The first-order valence-corrected chi connectivity index (χ1v) is 7.32. The number of halogens is 1.